The van der Waals surface area contributed by atoms with Crippen LogP contribution in [0, 0.1) is 5.92 Å². The van der Waals surface area contributed by atoms with Crippen LogP contribution < -0.4 is 14.8 Å². The number of hydrogen-bond donors (Lipinski definition) is 2. The molecule has 154 valence electrons. The first-order valence-corrected chi connectivity index (χ1v) is 11.0. The van der Waals surface area contributed by atoms with Crippen molar-refractivity contribution in [3.63, 3.8) is 0 Å². The van der Waals surface area contributed by atoms with Gasteiger partial charge in [0.25, 0.3) is 15.9 Å². The lowest BCUT2D eigenvalue weighted by Gasteiger charge is -2.25. The summed E-state index contributed by atoms with van der Waals surface area (Å²) in [7, 11) is -3.74. The van der Waals surface area contributed by atoms with Crippen LogP contribution in [0.2, 0.25) is 0 Å². The molecule has 1 aliphatic rings. The Morgan fingerprint density at radius 1 is 1.03 bits per heavy atom. The Kier molecular flexibility index (Phi) is 5.67. The summed E-state index contributed by atoms with van der Waals surface area (Å²) in [6.45, 7) is 1.03. The highest BCUT2D eigenvalue weighted by molar-refractivity contribution is 7.92. The van der Waals surface area contributed by atoms with Crippen molar-refractivity contribution >= 4 is 21.6 Å². The maximum Gasteiger partial charge on any atom is 0.261 e. The molecule has 0 bridgehead atoms. The normalized spacial score (nSPS) is 15.5. The molecule has 3 aromatic rings. The number of fused-ring (bicyclic) bond motifs is 1. The summed E-state index contributed by atoms with van der Waals surface area (Å²) in [5.74, 6) is 0.838. The van der Waals surface area contributed by atoms with E-state index in [4.69, 9.17) is 4.74 Å². The van der Waals surface area contributed by atoms with E-state index in [1.807, 2.05) is 24.3 Å². The molecule has 0 radical (unpaired) electrons. The van der Waals surface area contributed by atoms with Crippen LogP contribution in [0.4, 0.5) is 5.69 Å². The zero-order valence-electron chi connectivity index (χ0n) is 16.1. The molecule has 0 saturated carbocycles. The van der Waals surface area contributed by atoms with Crippen LogP contribution in [0.15, 0.2) is 78.0 Å². The zero-order chi connectivity index (χ0) is 21.0. The summed E-state index contributed by atoms with van der Waals surface area (Å²) in [6, 6.07) is 16.9. The van der Waals surface area contributed by atoms with Crippen LogP contribution in [0.3, 0.4) is 0 Å². The Hall–Kier alpha value is -3.39. The van der Waals surface area contributed by atoms with Crippen molar-refractivity contribution in [1.29, 1.82) is 0 Å². The fourth-order valence-electron chi connectivity index (χ4n) is 3.28. The number of carbonyl (C=O) groups excluding carboxylic acids is 1. The van der Waals surface area contributed by atoms with Gasteiger partial charge in [0.05, 0.1) is 17.2 Å². The fourth-order valence-corrected chi connectivity index (χ4v) is 4.34. The van der Waals surface area contributed by atoms with Crippen molar-refractivity contribution in [3.8, 4) is 5.75 Å². The van der Waals surface area contributed by atoms with Gasteiger partial charge in [0.15, 0.2) is 0 Å². The number of pyridine rings is 1. The Labute approximate surface area is 175 Å². The Morgan fingerprint density at radius 2 is 1.77 bits per heavy atom. The third kappa shape index (κ3) is 4.60. The third-order valence-electron chi connectivity index (χ3n) is 4.87. The Bertz CT molecular complexity index is 1130. The van der Waals surface area contributed by atoms with Gasteiger partial charge in [-0.15, -0.1) is 0 Å². The Balaban J connectivity index is 1.35. The quantitative estimate of drug-likeness (QED) is 0.635. The number of rotatable bonds is 6. The lowest BCUT2D eigenvalue weighted by atomic mass is 9.96. The zero-order valence-corrected chi connectivity index (χ0v) is 16.9. The molecule has 0 aliphatic carbocycles. The average Bonchev–Trinajstić information content (AvgIpc) is 2.78. The summed E-state index contributed by atoms with van der Waals surface area (Å²) < 4.78 is 33.2. The molecule has 30 heavy (non-hydrogen) atoms. The first-order chi connectivity index (χ1) is 14.5. The van der Waals surface area contributed by atoms with E-state index in [9.17, 15) is 13.2 Å². The molecule has 1 amide bonds. The SMILES string of the molecule is O=C(NCC1COc2ccccc2C1)c1ccc(S(=O)(=O)Nc2ccncc2)cc1. The molecular formula is C22H21N3O4S. The van der Waals surface area contributed by atoms with E-state index >= 15 is 0 Å². The van der Waals surface area contributed by atoms with Crippen molar-refractivity contribution < 1.29 is 17.9 Å². The predicted octanol–water partition coefficient (Wildman–Crippen LogP) is 2.86. The molecule has 1 unspecified atom stereocenters. The highest BCUT2D eigenvalue weighted by atomic mass is 32.2. The van der Waals surface area contributed by atoms with E-state index in [0.29, 0.717) is 24.4 Å². The Morgan fingerprint density at radius 3 is 2.53 bits per heavy atom. The highest BCUT2D eigenvalue weighted by Crippen LogP contribution is 2.26. The highest BCUT2D eigenvalue weighted by Gasteiger charge is 2.20. The van der Waals surface area contributed by atoms with Gasteiger partial charge in [-0.2, -0.15) is 0 Å². The second kappa shape index (κ2) is 8.54. The van der Waals surface area contributed by atoms with E-state index in [0.717, 1.165) is 17.7 Å². The van der Waals surface area contributed by atoms with Gasteiger partial charge in [-0.05, 0) is 54.4 Å². The summed E-state index contributed by atoms with van der Waals surface area (Å²) >= 11 is 0. The minimum Gasteiger partial charge on any atom is -0.493 e. The first-order valence-electron chi connectivity index (χ1n) is 9.53. The molecule has 1 aromatic heterocycles. The fraction of sp³-hybridized carbons (Fsp3) is 0.182. The number of hydrogen-bond acceptors (Lipinski definition) is 5. The summed E-state index contributed by atoms with van der Waals surface area (Å²) in [6.07, 6.45) is 3.84. The van der Waals surface area contributed by atoms with Gasteiger partial charge < -0.3 is 10.1 Å². The average molecular weight is 423 g/mol. The molecule has 4 rings (SSSR count). The topological polar surface area (TPSA) is 97.4 Å². The van der Waals surface area contributed by atoms with E-state index < -0.39 is 10.0 Å². The first kappa shape index (κ1) is 19.9. The predicted molar refractivity (Wildman–Crippen MR) is 113 cm³/mol. The number of aromatic nitrogens is 1. The number of nitrogens with one attached hydrogen (secondary N) is 2. The van der Waals surface area contributed by atoms with E-state index in [2.05, 4.69) is 15.0 Å². The summed E-state index contributed by atoms with van der Waals surface area (Å²) in [5, 5.41) is 2.91. The molecule has 1 aliphatic heterocycles. The van der Waals surface area contributed by atoms with Crippen molar-refractivity contribution in [2.75, 3.05) is 17.9 Å². The number of benzene rings is 2. The molecule has 7 nitrogen and oxygen atoms in total. The van der Waals surface area contributed by atoms with Gasteiger partial charge in [-0.25, -0.2) is 8.42 Å². The van der Waals surface area contributed by atoms with Gasteiger partial charge in [-0.3, -0.25) is 14.5 Å². The van der Waals surface area contributed by atoms with Gasteiger partial charge in [0.2, 0.25) is 0 Å². The summed E-state index contributed by atoms with van der Waals surface area (Å²) in [4.78, 5) is 16.4. The number of nitrogens with zero attached hydrogens (tertiary/aromatic N) is 1. The number of anilines is 1. The molecule has 0 saturated heterocycles. The molecule has 2 N–H and O–H groups in total. The third-order valence-corrected chi connectivity index (χ3v) is 6.26. The van der Waals surface area contributed by atoms with E-state index in [-0.39, 0.29) is 16.7 Å². The molecule has 2 heterocycles. The van der Waals surface area contributed by atoms with Gasteiger partial charge in [0.1, 0.15) is 5.75 Å². The second-order valence-electron chi connectivity index (χ2n) is 7.06. The van der Waals surface area contributed by atoms with Crippen LogP contribution in [-0.2, 0) is 16.4 Å². The van der Waals surface area contributed by atoms with Crippen LogP contribution in [0.1, 0.15) is 15.9 Å². The number of carbonyl (C=O) groups is 1. The van der Waals surface area contributed by atoms with Gasteiger partial charge in [-0.1, -0.05) is 18.2 Å². The van der Waals surface area contributed by atoms with E-state index in [1.54, 1.807) is 12.1 Å². The minimum atomic E-state index is -3.74. The standard InChI is InChI=1S/C22H21N3O4S/c26-22(24-14-16-13-18-3-1-2-4-21(18)29-15-16)17-5-7-20(8-6-17)30(27,28)25-19-9-11-23-12-10-19/h1-12,16H,13-15H2,(H,23,25)(H,24,26). The molecule has 1 atom stereocenters. The van der Waals surface area contributed by atoms with Crippen LogP contribution in [-0.4, -0.2) is 32.5 Å². The maximum absolute atomic E-state index is 12.5. The van der Waals surface area contributed by atoms with Crippen molar-refractivity contribution in [2.45, 2.75) is 11.3 Å². The lowest BCUT2D eigenvalue weighted by molar-refractivity contribution is 0.0939. The van der Waals surface area contributed by atoms with Gasteiger partial charge >= 0.3 is 0 Å². The number of ether oxygens (including phenoxy) is 1. The molecule has 8 heteroatoms. The molecule has 0 fully saturated rings. The molecule has 2 aromatic carbocycles. The monoisotopic (exact) mass is 423 g/mol. The van der Waals surface area contributed by atoms with Crippen molar-refractivity contribution in [3.05, 3.63) is 84.2 Å². The summed E-state index contributed by atoms with van der Waals surface area (Å²) in [5.41, 5.74) is 1.96. The lowest BCUT2D eigenvalue weighted by Crippen LogP contribution is -2.34. The second-order valence-corrected chi connectivity index (χ2v) is 8.75. The minimum absolute atomic E-state index is 0.0770. The van der Waals surface area contributed by atoms with E-state index in [1.165, 1.54) is 36.7 Å². The van der Waals surface area contributed by atoms with Gasteiger partial charge in [0, 0.05) is 30.4 Å². The van der Waals surface area contributed by atoms with Crippen molar-refractivity contribution in [1.82, 2.24) is 10.3 Å². The van der Waals surface area contributed by atoms with Crippen molar-refractivity contribution in [2.24, 2.45) is 5.92 Å². The number of sulfonamides is 1. The molecule has 0 spiro atoms. The molecular weight excluding hydrogens is 402 g/mol. The van der Waals surface area contributed by atoms with Crippen LogP contribution >= 0.6 is 0 Å². The largest absolute Gasteiger partial charge is 0.493 e. The smallest absolute Gasteiger partial charge is 0.261 e. The van der Waals surface area contributed by atoms with Crippen LogP contribution in [0.25, 0.3) is 0 Å². The number of para-hydroxylation sites is 1. The maximum atomic E-state index is 12.5. The van der Waals surface area contributed by atoms with Crippen LogP contribution in [0.5, 0.6) is 5.75 Å². The number of amides is 1.